The normalized spacial score (nSPS) is 10.7. The molecule has 21 heavy (non-hydrogen) atoms. The number of nitrogens with zero attached hydrogens (tertiary/aromatic N) is 4. The molecule has 106 valence electrons. The molecular formula is C13H11N5O3. The lowest BCUT2D eigenvalue weighted by Gasteiger charge is -2.03. The number of hydrogen-bond donors (Lipinski definition) is 1. The minimum atomic E-state index is -0.574. The van der Waals surface area contributed by atoms with Crippen LogP contribution in [-0.2, 0) is 16.1 Å². The number of carbonyl (C=O) groups excluding carboxylic acids is 2. The van der Waals surface area contributed by atoms with E-state index in [1.165, 1.54) is 11.0 Å². The number of para-hydroxylation sites is 1. The second-order valence-corrected chi connectivity index (χ2v) is 4.34. The highest BCUT2D eigenvalue weighted by molar-refractivity contribution is 6.08. The van der Waals surface area contributed by atoms with Crippen LogP contribution in [0.5, 0.6) is 0 Å². The number of tetrazole rings is 1. The highest BCUT2D eigenvalue weighted by atomic mass is 16.5. The third-order valence-electron chi connectivity index (χ3n) is 2.94. The number of esters is 1. The zero-order chi connectivity index (χ0) is 14.7. The average Bonchev–Trinajstić information content (AvgIpc) is 3.13. The summed E-state index contributed by atoms with van der Waals surface area (Å²) in [6, 6.07) is 7.42. The van der Waals surface area contributed by atoms with Crippen LogP contribution in [0.2, 0.25) is 0 Å². The summed E-state index contributed by atoms with van der Waals surface area (Å²) < 4.78 is 6.15. The van der Waals surface area contributed by atoms with Crippen molar-refractivity contribution < 1.29 is 14.3 Å². The molecule has 0 spiro atoms. The average molecular weight is 285 g/mol. The van der Waals surface area contributed by atoms with E-state index in [9.17, 15) is 9.59 Å². The molecule has 1 N–H and O–H groups in total. The highest BCUT2D eigenvalue weighted by Crippen LogP contribution is 2.18. The first kappa shape index (κ1) is 13.0. The van der Waals surface area contributed by atoms with E-state index in [1.54, 1.807) is 6.20 Å². The number of carbonyl (C=O) groups is 2. The van der Waals surface area contributed by atoms with Gasteiger partial charge in [-0.1, -0.05) is 18.2 Å². The third kappa shape index (κ3) is 2.78. The molecule has 0 fully saturated rings. The molecule has 3 aromatic rings. The lowest BCUT2D eigenvalue weighted by molar-refractivity contribution is -0.143. The molecule has 0 saturated carbocycles. The van der Waals surface area contributed by atoms with Crippen molar-refractivity contribution in [3.05, 3.63) is 42.4 Å². The molecule has 0 unspecified atom stereocenters. The number of rotatable bonds is 5. The quantitative estimate of drug-likeness (QED) is 0.543. The van der Waals surface area contributed by atoms with Crippen molar-refractivity contribution in [2.75, 3.05) is 6.61 Å². The van der Waals surface area contributed by atoms with Gasteiger partial charge in [-0.2, -0.15) is 0 Å². The third-order valence-corrected chi connectivity index (χ3v) is 2.94. The highest BCUT2D eigenvalue weighted by Gasteiger charge is 2.14. The molecule has 0 radical (unpaired) electrons. The predicted octanol–water partition coefficient (Wildman–Crippen LogP) is 0.580. The lowest BCUT2D eigenvalue weighted by atomic mass is 10.1. The Balaban J connectivity index is 1.63. The minimum absolute atomic E-state index is 0.131. The maximum absolute atomic E-state index is 12.1. The number of aromatic amines is 1. The molecule has 0 atom stereocenters. The van der Waals surface area contributed by atoms with E-state index in [4.69, 9.17) is 4.74 Å². The van der Waals surface area contributed by atoms with E-state index < -0.39 is 5.97 Å². The molecule has 1 aromatic carbocycles. The van der Waals surface area contributed by atoms with Crippen molar-refractivity contribution in [1.29, 1.82) is 0 Å². The van der Waals surface area contributed by atoms with E-state index in [-0.39, 0.29) is 18.9 Å². The number of fused-ring (bicyclic) bond motifs is 1. The van der Waals surface area contributed by atoms with E-state index in [2.05, 4.69) is 20.5 Å². The molecule has 2 heterocycles. The van der Waals surface area contributed by atoms with Crippen LogP contribution in [0.1, 0.15) is 10.4 Å². The summed E-state index contributed by atoms with van der Waals surface area (Å²) in [4.78, 5) is 26.6. The van der Waals surface area contributed by atoms with Gasteiger partial charge in [0.2, 0.25) is 5.78 Å². The largest absolute Gasteiger partial charge is 0.456 e. The molecule has 0 bridgehead atoms. The maximum atomic E-state index is 12.1. The van der Waals surface area contributed by atoms with Gasteiger partial charge >= 0.3 is 5.97 Å². The Hall–Kier alpha value is -3.03. The fourth-order valence-electron chi connectivity index (χ4n) is 1.96. The number of ether oxygens (including phenoxy) is 1. The Morgan fingerprint density at radius 2 is 2.14 bits per heavy atom. The molecular weight excluding hydrogens is 274 g/mol. The van der Waals surface area contributed by atoms with Crippen LogP contribution in [0.25, 0.3) is 10.9 Å². The zero-order valence-electron chi connectivity index (χ0n) is 10.9. The van der Waals surface area contributed by atoms with Crippen LogP contribution in [0.3, 0.4) is 0 Å². The Morgan fingerprint density at radius 1 is 1.29 bits per heavy atom. The first-order chi connectivity index (χ1) is 10.2. The van der Waals surface area contributed by atoms with Crippen LogP contribution in [0.15, 0.2) is 36.8 Å². The molecule has 0 aliphatic rings. The van der Waals surface area contributed by atoms with E-state index in [0.29, 0.717) is 5.56 Å². The fraction of sp³-hybridized carbons (Fsp3) is 0.154. The van der Waals surface area contributed by atoms with Gasteiger partial charge in [-0.15, -0.1) is 5.10 Å². The number of Topliss-reactive ketones (excluding diaryl/α,β-unsaturated/α-hetero) is 1. The van der Waals surface area contributed by atoms with E-state index in [1.807, 2.05) is 24.3 Å². The Bertz CT molecular complexity index is 778. The topological polar surface area (TPSA) is 103 Å². The number of ketones is 1. The molecule has 8 heteroatoms. The lowest BCUT2D eigenvalue weighted by Crippen LogP contribution is -2.18. The Labute approximate surface area is 118 Å². The smallest absolute Gasteiger partial charge is 0.328 e. The van der Waals surface area contributed by atoms with Crippen molar-refractivity contribution in [3.8, 4) is 0 Å². The number of aromatic nitrogens is 5. The molecule has 0 amide bonds. The van der Waals surface area contributed by atoms with E-state index >= 15 is 0 Å². The summed E-state index contributed by atoms with van der Waals surface area (Å²) in [5, 5.41) is 11.1. The zero-order valence-corrected chi connectivity index (χ0v) is 10.9. The first-order valence-corrected chi connectivity index (χ1v) is 6.20. The molecule has 3 rings (SSSR count). The standard InChI is InChI=1S/C13H11N5O3/c19-12(7-21-13(20)6-18-8-15-16-17-18)10-5-14-11-4-2-1-3-9(10)11/h1-5,8,14H,6-7H2. The monoisotopic (exact) mass is 285 g/mol. The second kappa shape index (κ2) is 5.53. The molecule has 0 aliphatic carbocycles. The van der Waals surface area contributed by atoms with Gasteiger partial charge in [0.05, 0.1) is 0 Å². The van der Waals surface area contributed by atoms with Gasteiger partial charge < -0.3 is 9.72 Å². The molecule has 8 nitrogen and oxygen atoms in total. The number of benzene rings is 1. The van der Waals surface area contributed by atoms with Crippen LogP contribution < -0.4 is 0 Å². The van der Waals surface area contributed by atoms with Crippen molar-refractivity contribution >= 4 is 22.7 Å². The van der Waals surface area contributed by atoms with Crippen LogP contribution >= 0.6 is 0 Å². The summed E-state index contributed by atoms with van der Waals surface area (Å²) >= 11 is 0. The predicted molar refractivity (Wildman–Crippen MR) is 71.4 cm³/mol. The minimum Gasteiger partial charge on any atom is -0.456 e. The summed E-state index contributed by atoms with van der Waals surface area (Å²) in [7, 11) is 0. The van der Waals surface area contributed by atoms with Gasteiger partial charge in [0.1, 0.15) is 12.9 Å². The summed E-state index contributed by atoms with van der Waals surface area (Å²) in [6.07, 6.45) is 2.91. The van der Waals surface area contributed by atoms with Gasteiger partial charge in [-0.3, -0.25) is 9.59 Å². The van der Waals surface area contributed by atoms with Gasteiger partial charge in [0.15, 0.2) is 6.61 Å². The van der Waals surface area contributed by atoms with Gasteiger partial charge in [-0.05, 0) is 16.5 Å². The van der Waals surface area contributed by atoms with Crippen LogP contribution in [-0.4, -0.2) is 43.6 Å². The Morgan fingerprint density at radius 3 is 2.95 bits per heavy atom. The second-order valence-electron chi connectivity index (χ2n) is 4.34. The van der Waals surface area contributed by atoms with Gasteiger partial charge in [0, 0.05) is 22.7 Å². The van der Waals surface area contributed by atoms with Gasteiger partial charge in [0.25, 0.3) is 0 Å². The van der Waals surface area contributed by atoms with Crippen molar-refractivity contribution in [3.63, 3.8) is 0 Å². The maximum Gasteiger partial charge on any atom is 0.328 e. The SMILES string of the molecule is O=C(Cn1cnnn1)OCC(=O)c1c[nH]c2ccccc12. The molecule has 2 aromatic heterocycles. The number of H-pyrrole nitrogens is 1. The summed E-state index contributed by atoms with van der Waals surface area (Å²) in [6.45, 7) is -0.447. The fourth-order valence-corrected chi connectivity index (χ4v) is 1.96. The van der Waals surface area contributed by atoms with Gasteiger partial charge in [-0.25, -0.2) is 4.68 Å². The summed E-state index contributed by atoms with van der Waals surface area (Å²) in [5.41, 5.74) is 1.36. The van der Waals surface area contributed by atoms with Crippen molar-refractivity contribution in [2.45, 2.75) is 6.54 Å². The van der Waals surface area contributed by atoms with Crippen molar-refractivity contribution in [1.82, 2.24) is 25.2 Å². The Kier molecular flexibility index (Phi) is 3.42. The molecule has 0 aliphatic heterocycles. The van der Waals surface area contributed by atoms with Crippen LogP contribution in [0, 0.1) is 0 Å². The van der Waals surface area contributed by atoms with Crippen LogP contribution in [0.4, 0.5) is 0 Å². The number of nitrogens with one attached hydrogen (secondary N) is 1. The van der Waals surface area contributed by atoms with E-state index in [0.717, 1.165) is 10.9 Å². The number of hydrogen-bond acceptors (Lipinski definition) is 6. The first-order valence-electron chi connectivity index (χ1n) is 6.20. The summed E-state index contributed by atoms with van der Waals surface area (Å²) in [5.74, 6) is -0.840. The molecule has 0 saturated heterocycles. The van der Waals surface area contributed by atoms with Crippen molar-refractivity contribution in [2.24, 2.45) is 0 Å².